The van der Waals surface area contributed by atoms with Crippen LogP contribution in [0.3, 0.4) is 0 Å². The fourth-order valence-corrected chi connectivity index (χ4v) is 3.86. The number of halogens is 4. The summed E-state index contributed by atoms with van der Waals surface area (Å²) >= 11 is 6.01. The molecule has 0 fully saturated rings. The van der Waals surface area contributed by atoms with E-state index in [1.54, 1.807) is 24.4 Å². The van der Waals surface area contributed by atoms with E-state index in [-0.39, 0.29) is 12.5 Å². The average Bonchev–Trinajstić information content (AvgIpc) is 3.34. The van der Waals surface area contributed by atoms with Crippen LogP contribution in [-0.2, 0) is 0 Å². The number of nitrogens with two attached hydrogens (primary N) is 1. The first kappa shape index (κ1) is 20.3. The van der Waals surface area contributed by atoms with Crippen molar-refractivity contribution >= 4 is 40.1 Å². The molecule has 3 heterocycles. The van der Waals surface area contributed by atoms with Crippen LogP contribution < -0.4 is 16.1 Å². The number of anilines is 2. The molecule has 0 saturated carbocycles. The van der Waals surface area contributed by atoms with Gasteiger partial charge in [-0.05, 0) is 42.0 Å². The van der Waals surface area contributed by atoms with E-state index in [1.165, 1.54) is 4.68 Å². The summed E-state index contributed by atoms with van der Waals surface area (Å²) in [6.45, 7) is -1.27. The molecule has 0 bridgehead atoms. The van der Waals surface area contributed by atoms with Gasteiger partial charge in [0.25, 0.3) is 0 Å². The molecular formula is C21H17ClF3N7. The highest BCUT2D eigenvalue weighted by atomic mass is 35.5. The standard InChI is InChI=1S/C21H17ClF3N7/c22-13-3-6-16-17(9-13)30-20(29-16)28-14-4-1-12(2-5-14)15-7-8-32-18(15)19(26)27-11-31(32)10-21(23,24)25/h1-9H,10-11H2,(H2,26,27)(H2,28,29,30). The van der Waals surface area contributed by atoms with Gasteiger partial charge in [0.1, 0.15) is 24.7 Å². The number of imidazole rings is 1. The van der Waals surface area contributed by atoms with Crippen LogP contribution in [0.15, 0.2) is 59.7 Å². The number of nitrogens with one attached hydrogen (secondary N) is 2. The van der Waals surface area contributed by atoms with E-state index < -0.39 is 12.7 Å². The number of nitrogens with zero attached hydrogens (tertiary/aromatic N) is 4. The van der Waals surface area contributed by atoms with Crippen molar-refractivity contribution in [2.75, 3.05) is 23.5 Å². The van der Waals surface area contributed by atoms with Crippen molar-refractivity contribution in [1.82, 2.24) is 14.6 Å². The number of fused-ring (bicyclic) bond motifs is 2. The fraction of sp³-hybridized carbons (Fsp3) is 0.143. The maximum absolute atomic E-state index is 12.9. The predicted molar refractivity (Wildman–Crippen MR) is 119 cm³/mol. The molecule has 1 aliphatic heterocycles. The molecule has 0 radical (unpaired) electrons. The highest BCUT2D eigenvalue weighted by Gasteiger charge is 2.33. The highest BCUT2D eigenvalue weighted by molar-refractivity contribution is 6.31. The average molecular weight is 460 g/mol. The molecule has 4 aromatic rings. The van der Waals surface area contributed by atoms with Gasteiger partial charge in [-0.25, -0.2) is 9.98 Å². The molecule has 0 aliphatic carbocycles. The minimum absolute atomic E-state index is 0.155. The van der Waals surface area contributed by atoms with Crippen LogP contribution in [0, 0.1) is 0 Å². The van der Waals surface area contributed by atoms with Gasteiger partial charge in [0.15, 0.2) is 0 Å². The number of rotatable bonds is 4. The maximum Gasteiger partial charge on any atom is 0.407 e. The summed E-state index contributed by atoms with van der Waals surface area (Å²) in [5.74, 6) is 0.766. The van der Waals surface area contributed by atoms with E-state index in [0.717, 1.165) is 27.3 Å². The summed E-state index contributed by atoms with van der Waals surface area (Å²) in [5, 5.41) is 4.90. The van der Waals surface area contributed by atoms with Crippen LogP contribution in [0.1, 0.15) is 5.69 Å². The van der Waals surface area contributed by atoms with Crippen molar-refractivity contribution in [3.63, 3.8) is 0 Å². The van der Waals surface area contributed by atoms with Gasteiger partial charge in [-0.1, -0.05) is 23.7 Å². The van der Waals surface area contributed by atoms with Crippen LogP contribution in [0.5, 0.6) is 0 Å². The topological polar surface area (TPSA) is 87.3 Å². The van der Waals surface area contributed by atoms with Gasteiger partial charge in [0.2, 0.25) is 5.95 Å². The van der Waals surface area contributed by atoms with E-state index >= 15 is 0 Å². The summed E-state index contributed by atoms with van der Waals surface area (Å²) in [4.78, 5) is 11.7. The number of aliphatic imine (C=N–C) groups is 1. The Balaban J connectivity index is 1.40. The number of hydrogen-bond donors (Lipinski definition) is 3. The Kier molecular flexibility index (Phi) is 4.74. The molecule has 0 saturated heterocycles. The third kappa shape index (κ3) is 3.84. The zero-order valence-corrected chi connectivity index (χ0v) is 17.2. The molecule has 2 aromatic carbocycles. The van der Waals surface area contributed by atoms with Crippen molar-refractivity contribution in [1.29, 1.82) is 0 Å². The normalized spacial score (nSPS) is 13.9. The summed E-state index contributed by atoms with van der Waals surface area (Å²) in [5.41, 5.74) is 10.3. The Bertz CT molecular complexity index is 1320. The molecule has 5 rings (SSSR count). The molecule has 0 spiro atoms. The SMILES string of the molecule is NC1=NCN(CC(F)(F)F)n2ccc(-c3ccc(Nc4nc5ccc(Cl)cc5[nH]4)cc3)c21. The summed E-state index contributed by atoms with van der Waals surface area (Å²) in [7, 11) is 0. The number of aromatic amines is 1. The Labute approximate surface area is 185 Å². The van der Waals surface area contributed by atoms with Crippen LogP contribution in [0.4, 0.5) is 24.8 Å². The largest absolute Gasteiger partial charge is 0.407 e. The lowest BCUT2D eigenvalue weighted by Crippen LogP contribution is -2.47. The third-order valence-electron chi connectivity index (χ3n) is 5.08. The Morgan fingerprint density at radius 2 is 1.91 bits per heavy atom. The van der Waals surface area contributed by atoms with Crippen molar-refractivity contribution in [2.45, 2.75) is 6.18 Å². The van der Waals surface area contributed by atoms with Crippen LogP contribution >= 0.6 is 11.6 Å². The number of benzene rings is 2. The Morgan fingerprint density at radius 3 is 2.66 bits per heavy atom. The maximum atomic E-state index is 12.9. The molecule has 2 aromatic heterocycles. The summed E-state index contributed by atoms with van der Waals surface area (Å²) in [6.07, 6.45) is -2.78. The van der Waals surface area contributed by atoms with Crippen molar-refractivity contribution < 1.29 is 13.2 Å². The van der Waals surface area contributed by atoms with Crippen LogP contribution in [0.25, 0.3) is 22.2 Å². The first-order valence-electron chi connectivity index (χ1n) is 9.63. The molecule has 7 nitrogen and oxygen atoms in total. The molecule has 32 heavy (non-hydrogen) atoms. The minimum Gasteiger partial charge on any atom is -0.382 e. The van der Waals surface area contributed by atoms with Gasteiger partial charge in [-0.3, -0.25) is 9.69 Å². The van der Waals surface area contributed by atoms with Gasteiger partial charge in [0, 0.05) is 22.5 Å². The molecule has 0 atom stereocenters. The number of H-pyrrole nitrogens is 1. The van der Waals surface area contributed by atoms with Crippen LogP contribution in [-0.4, -0.2) is 39.9 Å². The van der Waals surface area contributed by atoms with Gasteiger partial charge >= 0.3 is 6.18 Å². The van der Waals surface area contributed by atoms with E-state index in [9.17, 15) is 13.2 Å². The second kappa shape index (κ2) is 7.49. The minimum atomic E-state index is -4.35. The van der Waals surface area contributed by atoms with Gasteiger partial charge in [-0.2, -0.15) is 13.2 Å². The summed E-state index contributed by atoms with van der Waals surface area (Å²) < 4.78 is 40.2. The molecular weight excluding hydrogens is 443 g/mol. The molecule has 164 valence electrons. The molecule has 0 unspecified atom stereocenters. The second-order valence-corrected chi connectivity index (χ2v) is 7.77. The van der Waals surface area contributed by atoms with E-state index in [1.807, 2.05) is 30.3 Å². The number of aromatic nitrogens is 3. The zero-order valence-electron chi connectivity index (χ0n) is 16.5. The number of hydrogen-bond acceptors (Lipinski definition) is 5. The number of amidine groups is 1. The molecule has 0 amide bonds. The fourth-order valence-electron chi connectivity index (χ4n) is 3.69. The summed E-state index contributed by atoms with van der Waals surface area (Å²) in [6, 6.07) is 14.5. The van der Waals surface area contributed by atoms with Crippen molar-refractivity contribution in [2.24, 2.45) is 10.7 Å². The Hall–Kier alpha value is -3.66. The van der Waals surface area contributed by atoms with Crippen molar-refractivity contribution in [3.05, 3.63) is 65.4 Å². The predicted octanol–water partition coefficient (Wildman–Crippen LogP) is 4.61. The second-order valence-electron chi connectivity index (χ2n) is 7.34. The molecule has 1 aliphatic rings. The first-order chi connectivity index (χ1) is 15.3. The Morgan fingerprint density at radius 1 is 1.12 bits per heavy atom. The highest BCUT2D eigenvalue weighted by Crippen LogP contribution is 2.30. The molecule has 11 heteroatoms. The van der Waals surface area contributed by atoms with Gasteiger partial charge in [-0.15, -0.1) is 0 Å². The molecule has 4 N–H and O–H groups in total. The van der Waals surface area contributed by atoms with E-state index in [2.05, 4.69) is 20.3 Å². The van der Waals surface area contributed by atoms with E-state index in [0.29, 0.717) is 22.2 Å². The van der Waals surface area contributed by atoms with Gasteiger partial charge < -0.3 is 16.0 Å². The lowest BCUT2D eigenvalue weighted by molar-refractivity contribution is -0.122. The third-order valence-corrected chi connectivity index (χ3v) is 5.32. The first-order valence-corrected chi connectivity index (χ1v) is 10.0. The van der Waals surface area contributed by atoms with E-state index in [4.69, 9.17) is 17.3 Å². The van der Waals surface area contributed by atoms with Gasteiger partial charge in [0.05, 0.1) is 11.0 Å². The van der Waals surface area contributed by atoms with Crippen LogP contribution in [0.2, 0.25) is 5.02 Å². The smallest absolute Gasteiger partial charge is 0.382 e. The quantitative estimate of drug-likeness (QED) is 0.416. The lowest BCUT2D eigenvalue weighted by Gasteiger charge is -2.30. The lowest BCUT2D eigenvalue weighted by atomic mass is 10.1. The monoisotopic (exact) mass is 459 g/mol. The number of alkyl halides is 3. The van der Waals surface area contributed by atoms with Crippen molar-refractivity contribution in [3.8, 4) is 11.1 Å². The zero-order chi connectivity index (χ0) is 22.5.